The standard InChI is InChI=1S/C13H17BrN2S/c1-9-8-17-13(16-10(9)2)15-7-11-5-3-4-6-12(11)14/h3-6,9-10H,7-8H2,1-2H3,(H,15,16). The summed E-state index contributed by atoms with van der Waals surface area (Å²) < 4.78 is 1.13. The molecule has 0 aromatic heterocycles. The molecule has 1 aromatic carbocycles. The summed E-state index contributed by atoms with van der Waals surface area (Å²) in [6.45, 7) is 5.23. The number of hydrogen-bond acceptors (Lipinski definition) is 2. The molecule has 0 bridgehead atoms. The maximum Gasteiger partial charge on any atom is 0.157 e. The molecule has 0 radical (unpaired) electrons. The molecule has 2 rings (SSSR count). The van der Waals surface area contributed by atoms with E-state index in [4.69, 9.17) is 0 Å². The highest BCUT2D eigenvalue weighted by Gasteiger charge is 2.20. The molecular formula is C13H17BrN2S. The van der Waals surface area contributed by atoms with Gasteiger partial charge in [-0.1, -0.05) is 52.8 Å². The van der Waals surface area contributed by atoms with Crippen LogP contribution in [0, 0.1) is 5.92 Å². The van der Waals surface area contributed by atoms with Gasteiger partial charge in [-0.2, -0.15) is 0 Å². The summed E-state index contributed by atoms with van der Waals surface area (Å²) in [5.41, 5.74) is 1.23. The first-order chi connectivity index (χ1) is 8.16. The van der Waals surface area contributed by atoms with Crippen LogP contribution in [0.3, 0.4) is 0 Å². The zero-order valence-corrected chi connectivity index (χ0v) is 12.5. The molecule has 2 unspecified atom stereocenters. The van der Waals surface area contributed by atoms with Gasteiger partial charge in [-0.3, -0.25) is 4.99 Å². The van der Waals surface area contributed by atoms with E-state index in [1.807, 2.05) is 23.9 Å². The molecule has 2 nitrogen and oxygen atoms in total. The molecule has 0 saturated carbocycles. The molecule has 1 N–H and O–H groups in total. The average Bonchev–Trinajstić information content (AvgIpc) is 2.32. The van der Waals surface area contributed by atoms with Crippen LogP contribution in [0.4, 0.5) is 0 Å². The number of thioether (sulfide) groups is 1. The van der Waals surface area contributed by atoms with Crippen LogP contribution in [0.2, 0.25) is 0 Å². The van der Waals surface area contributed by atoms with E-state index < -0.39 is 0 Å². The Morgan fingerprint density at radius 2 is 2.18 bits per heavy atom. The van der Waals surface area contributed by atoms with Crippen molar-refractivity contribution in [2.75, 3.05) is 5.75 Å². The molecule has 1 saturated heterocycles. The minimum Gasteiger partial charge on any atom is -0.362 e. The van der Waals surface area contributed by atoms with E-state index in [9.17, 15) is 0 Å². The van der Waals surface area contributed by atoms with Crippen LogP contribution in [0.5, 0.6) is 0 Å². The first kappa shape index (κ1) is 13.0. The number of aliphatic imine (C=N–C) groups is 1. The minimum atomic E-state index is 0.522. The number of benzene rings is 1. The van der Waals surface area contributed by atoms with Crippen molar-refractivity contribution < 1.29 is 0 Å². The molecule has 1 aromatic rings. The Hall–Kier alpha value is -0.480. The molecule has 0 spiro atoms. The third-order valence-electron chi connectivity index (χ3n) is 3.04. The Morgan fingerprint density at radius 3 is 2.88 bits per heavy atom. The van der Waals surface area contributed by atoms with Gasteiger partial charge in [-0.25, -0.2) is 0 Å². The van der Waals surface area contributed by atoms with Gasteiger partial charge in [-0.05, 0) is 24.5 Å². The zero-order valence-electron chi connectivity index (χ0n) is 10.1. The lowest BCUT2D eigenvalue weighted by atomic mass is 10.1. The molecule has 4 heteroatoms. The summed E-state index contributed by atoms with van der Waals surface area (Å²) in [6.07, 6.45) is 0. The Bertz CT molecular complexity index is 420. The first-order valence-electron chi connectivity index (χ1n) is 5.84. The number of hydrogen-bond donors (Lipinski definition) is 1. The van der Waals surface area contributed by atoms with Crippen LogP contribution < -0.4 is 5.32 Å². The van der Waals surface area contributed by atoms with Gasteiger partial charge < -0.3 is 5.32 Å². The van der Waals surface area contributed by atoms with Crippen molar-refractivity contribution in [1.29, 1.82) is 0 Å². The summed E-state index contributed by atoms with van der Waals surface area (Å²) in [4.78, 5) is 4.64. The zero-order chi connectivity index (χ0) is 12.3. The normalized spacial score (nSPS) is 26.9. The fourth-order valence-electron chi connectivity index (χ4n) is 1.61. The Morgan fingerprint density at radius 1 is 1.41 bits per heavy atom. The van der Waals surface area contributed by atoms with Gasteiger partial charge >= 0.3 is 0 Å². The van der Waals surface area contributed by atoms with Crippen LogP contribution in [-0.4, -0.2) is 17.0 Å². The highest BCUT2D eigenvalue weighted by molar-refractivity contribution is 9.10. The summed E-state index contributed by atoms with van der Waals surface area (Å²) in [5, 5.41) is 4.53. The monoisotopic (exact) mass is 312 g/mol. The highest BCUT2D eigenvalue weighted by atomic mass is 79.9. The van der Waals surface area contributed by atoms with Crippen molar-refractivity contribution in [2.45, 2.75) is 26.4 Å². The Balaban J connectivity index is 2.00. The second kappa shape index (κ2) is 5.91. The summed E-state index contributed by atoms with van der Waals surface area (Å²) in [5.74, 6) is 1.87. The molecule has 92 valence electrons. The van der Waals surface area contributed by atoms with Gasteiger partial charge in [0, 0.05) is 16.3 Å². The molecule has 17 heavy (non-hydrogen) atoms. The van der Waals surface area contributed by atoms with Gasteiger partial charge in [0.05, 0.1) is 6.54 Å². The lowest BCUT2D eigenvalue weighted by Crippen LogP contribution is -2.41. The van der Waals surface area contributed by atoms with E-state index in [-0.39, 0.29) is 0 Å². The Labute approximate surface area is 115 Å². The van der Waals surface area contributed by atoms with Crippen molar-refractivity contribution in [3.05, 3.63) is 34.3 Å². The second-order valence-electron chi connectivity index (χ2n) is 4.43. The molecule has 1 heterocycles. The highest BCUT2D eigenvalue weighted by Crippen LogP contribution is 2.21. The average molecular weight is 313 g/mol. The maximum atomic E-state index is 4.64. The second-order valence-corrected chi connectivity index (χ2v) is 6.30. The topological polar surface area (TPSA) is 24.4 Å². The predicted molar refractivity (Wildman–Crippen MR) is 79.5 cm³/mol. The predicted octanol–water partition coefficient (Wildman–Crippen LogP) is 3.67. The minimum absolute atomic E-state index is 0.522. The molecule has 1 aliphatic heterocycles. The van der Waals surface area contributed by atoms with Crippen LogP contribution in [-0.2, 0) is 6.54 Å². The SMILES string of the molecule is CC1CSC(=NCc2ccccc2Br)NC1C. The smallest absolute Gasteiger partial charge is 0.157 e. The largest absolute Gasteiger partial charge is 0.362 e. The van der Waals surface area contributed by atoms with Crippen molar-refractivity contribution in [3.8, 4) is 0 Å². The van der Waals surface area contributed by atoms with Crippen molar-refractivity contribution in [1.82, 2.24) is 5.32 Å². The first-order valence-corrected chi connectivity index (χ1v) is 7.62. The number of amidine groups is 1. The molecule has 0 aliphatic carbocycles. The third kappa shape index (κ3) is 3.49. The van der Waals surface area contributed by atoms with Crippen molar-refractivity contribution in [3.63, 3.8) is 0 Å². The van der Waals surface area contributed by atoms with Gasteiger partial charge in [-0.15, -0.1) is 0 Å². The van der Waals surface area contributed by atoms with Crippen molar-refractivity contribution >= 4 is 32.9 Å². The summed E-state index contributed by atoms with van der Waals surface area (Å²) in [7, 11) is 0. The number of rotatable bonds is 2. The number of halogens is 1. The molecular weight excluding hydrogens is 296 g/mol. The summed E-state index contributed by atoms with van der Waals surface area (Å²) >= 11 is 5.37. The fourth-order valence-corrected chi connectivity index (χ4v) is 3.15. The van der Waals surface area contributed by atoms with Crippen LogP contribution in [0.1, 0.15) is 19.4 Å². The van der Waals surface area contributed by atoms with Gasteiger partial charge in [0.25, 0.3) is 0 Å². The van der Waals surface area contributed by atoms with Crippen molar-refractivity contribution in [2.24, 2.45) is 10.9 Å². The Kier molecular flexibility index (Phi) is 4.51. The number of nitrogens with one attached hydrogen (secondary N) is 1. The van der Waals surface area contributed by atoms with Gasteiger partial charge in [0.2, 0.25) is 0 Å². The maximum absolute atomic E-state index is 4.64. The van der Waals surface area contributed by atoms with Crippen LogP contribution >= 0.6 is 27.7 Å². The van der Waals surface area contributed by atoms with E-state index in [0.29, 0.717) is 12.0 Å². The third-order valence-corrected chi connectivity index (χ3v) is 5.02. The molecule has 1 aliphatic rings. The quantitative estimate of drug-likeness (QED) is 0.901. The van der Waals surface area contributed by atoms with Gasteiger partial charge in [0.15, 0.2) is 5.17 Å². The molecule has 2 atom stereocenters. The lowest BCUT2D eigenvalue weighted by molar-refractivity contribution is 0.490. The lowest BCUT2D eigenvalue weighted by Gasteiger charge is -2.28. The summed E-state index contributed by atoms with van der Waals surface area (Å²) in [6, 6.07) is 8.76. The van der Waals surface area contributed by atoms with E-state index in [1.54, 1.807) is 0 Å². The van der Waals surface area contributed by atoms with E-state index in [2.05, 4.69) is 52.2 Å². The van der Waals surface area contributed by atoms with Crippen LogP contribution in [0.15, 0.2) is 33.7 Å². The van der Waals surface area contributed by atoms with E-state index in [0.717, 1.165) is 21.9 Å². The fraction of sp³-hybridized carbons (Fsp3) is 0.462. The number of nitrogens with zero attached hydrogens (tertiary/aromatic N) is 1. The van der Waals surface area contributed by atoms with Gasteiger partial charge in [0.1, 0.15) is 0 Å². The van der Waals surface area contributed by atoms with Crippen LogP contribution in [0.25, 0.3) is 0 Å². The molecule has 1 fully saturated rings. The van der Waals surface area contributed by atoms with E-state index >= 15 is 0 Å². The molecule has 0 amide bonds. The van der Waals surface area contributed by atoms with E-state index in [1.165, 1.54) is 5.56 Å².